The zero-order valence-corrected chi connectivity index (χ0v) is 35.3. The fourth-order valence-electron chi connectivity index (χ4n) is 9.66. The van der Waals surface area contributed by atoms with Crippen molar-refractivity contribution >= 4 is 60.8 Å². The molecule has 0 saturated heterocycles. The maximum Gasteiger partial charge on any atom is 0.143 e. The summed E-state index contributed by atoms with van der Waals surface area (Å²) in [5.41, 5.74) is 18.7. The fraction of sp³-hybridized carbons (Fsp3) is 0.0164. The highest BCUT2D eigenvalue weighted by Gasteiger charge is 2.24. The van der Waals surface area contributed by atoms with E-state index in [2.05, 4.69) is 253 Å². The van der Waals surface area contributed by atoms with Crippen LogP contribution in [0.5, 0.6) is 0 Å². The van der Waals surface area contributed by atoms with Gasteiger partial charge in [0.2, 0.25) is 0 Å². The van der Waals surface area contributed by atoms with Crippen molar-refractivity contribution in [2.24, 2.45) is 0 Å². The summed E-state index contributed by atoms with van der Waals surface area (Å²) < 4.78 is 9.19. The van der Waals surface area contributed by atoms with Gasteiger partial charge in [-0.2, -0.15) is 0 Å². The Balaban J connectivity index is 1.10. The van der Waals surface area contributed by atoms with Gasteiger partial charge in [-0.15, -0.1) is 0 Å². The Hall–Kier alpha value is -8.40. The highest BCUT2D eigenvalue weighted by molar-refractivity contribution is 6.12. The fourth-order valence-corrected chi connectivity index (χ4v) is 9.66. The molecule has 12 rings (SSSR count). The predicted octanol–water partition coefficient (Wildman–Crippen LogP) is 17.1. The molecule has 0 fully saturated rings. The van der Waals surface area contributed by atoms with Crippen LogP contribution in [0.25, 0.3) is 93.9 Å². The van der Waals surface area contributed by atoms with Gasteiger partial charge in [0.1, 0.15) is 11.2 Å². The van der Waals surface area contributed by atoms with E-state index in [1.165, 1.54) is 49.6 Å². The maximum absolute atomic E-state index is 6.82. The van der Waals surface area contributed by atoms with Crippen LogP contribution in [0.4, 0.5) is 17.1 Å². The normalized spacial score (nSPS) is 11.5. The Morgan fingerprint density at radius 1 is 0.359 bits per heavy atom. The van der Waals surface area contributed by atoms with E-state index in [1.807, 2.05) is 0 Å². The second-order valence-electron chi connectivity index (χ2n) is 16.6. The first-order valence-corrected chi connectivity index (χ1v) is 21.9. The Morgan fingerprint density at radius 3 is 1.48 bits per heavy atom. The number of para-hydroxylation sites is 3. The third-order valence-corrected chi connectivity index (χ3v) is 12.7. The number of anilines is 3. The van der Waals surface area contributed by atoms with E-state index in [9.17, 15) is 0 Å². The van der Waals surface area contributed by atoms with Crippen LogP contribution in [0.1, 0.15) is 5.56 Å². The number of rotatable bonds is 8. The van der Waals surface area contributed by atoms with Gasteiger partial charge < -0.3 is 13.9 Å². The van der Waals surface area contributed by atoms with Gasteiger partial charge in [-0.3, -0.25) is 0 Å². The van der Waals surface area contributed by atoms with Crippen molar-refractivity contribution in [3.63, 3.8) is 0 Å². The standard InChI is InChI=1S/C61H42N2O/c1-41-37-46(42-17-5-2-6-18-42)31-35-56(41)63(59-36-32-47(43-19-7-3-8-20-43)38-53(59)44-21-9-4-10-22-44)49-39-54(61-55(40-49)52-25-13-16-28-60(52)64-61)45-29-33-48(34-30-45)62-57-26-14-11-23-50(57)51-24-12-15-27-58(51)62/h2-40H,1H3. The molecule has 0 amide bonds. The van der Waals surface area contributed by atoms with Crippen LogP contribution in [0.15, 0.2) is 241 Å². The summed E-state index contributed by atoms with van der Waals surface area (Å²) in [4.78, 5) is 2.46. The lowest BCUT2D eigenvalue weighted by molar-refractivity contribution is 0.670. The first-order valence-electron chi connectivity index (χ1n) is 21.9. The van der Waals surface area contributed by atoms with Crippen LogP contribution in [0.3, 0.4) is 0 Å². The molecule has 12 aromatic rings. The molecule has 0 aliphatic rings. The number of fused-ring (bicyclic) bond motifs is 6. The average Bonchev–Trinajstić information content (AvgIpc) is 3.91. The topological polar surface area (TPSA) is 21.3 Å². The van der Waals surface area contributed by atoms with E-state index in [4.69, 9.17) is 4.42 Å². The molecule has 2 heterocycles. The summed E-state index contributed by atoms with van der Waals surface area (Å²) in [6.45, 7) is 2.23. The van der Waals surface area contributed by atoms with E-state index >= 15 is 0 Å². The lowest BCUT2D eigenvalue weighted by Crippen LogP contribution is -2.13. The van der Waals surface area contributed by atoms with Gasteiger partial charge in [0.15, 0.2) is 0 Å². The average molecular weight is 819 g/mol. The largest absolute Gasteiger partial charge is 0.455 e. The summed E-state index contributed by atoms with van der Waals surface area (Å²) >= 11 is 0. The van der Waals surface area contributed by atoms with Crippen molar-refractivity contribution in [3.8, 4) is 50.2 Å². The minimum absolute atomic E-state index is 0.866. The van der Waals surface area contributed by atoms with Crippen molar-refractivity contribution in [1.82, 2.24) is 4.57 Å². The quantitative estimate of drug-likeness (QED) is 0.152. The summed E-state index contributed by atoms with van der Waals surface area (Å²) in [7, 11) is 0. The van der Waals surface area contributed by atoms with Crippen LogP contribution >= 0.6 is 0 Å². The molecule has 0 spiro atoms. The number of hydrogen-bond donors (Lipinski definition) is 0. The molecule has 0 aliphatic carbocycles. The molecule has 0 atom stereocenters. The van der Waals surface area contributed by atoms with Crippen LogP contribution < -0.4 is 4.90 Å². The zero-order chi connectivity index (χ0) is 42.6. The third-order valence-electron chi connectivity index (χ3n) is 12.7. The van der Waals surface area contributed by atoms with Crippen LogP contribution in [0.2, 0.25) is 0 Å². The number of aryl methyl sites for hydroxylation is 1. The lowest BCUT2D eigenvalue weighted by atomic mass is 9.94. The second-order valence-corrected chi connectivity index (χ2v) is 16.6. The number of hydrogen-bond acceptors (Lipinski definition) is 2. The van der Waals surface area contributed by atoms with E-state index < -0.39 is 0 Å². The smallest absolute Gasteiger partial charge is 0.143 e. The minimum atomic E-state index is 0.866. The molecule has 0 N–H and O–H groups in total. The third kappa shape index (κ3) is 6.37. The molecule has 64 heavy (non-hydrogen) atoms. The Labute approximate surface area is 372 Å². The van der Waals surface area contributed by atoms with Crippen LogP contribution in [-0.2, 0) is 0 Å². The van der Waals surface area contributed by atoms with Crippen molar-refractivity contribution in [3.05, 3.63) is 242 Å². The van der Waals surface area contributed by atoms with Crippen molar-refractivity contribution in [1.29, 1.82) is 0 Å². The molecular formula is C61H42N2O. The Kier molecular flexibility index (Phi) is 9.05. The Bertz CT molecular complexity index is 3610. The molecule has 0 saturated carbocycles. The summed E-state index contributed by atoms with van der Waals surface area (Å²) in [5, 5.41) is 4.65. The maximum atomic E-state index is 6.82. The number of nitrogens with zero attached hydrogens (tertiary/aromatic N) is 2. The number of benzene rings is 10. The lowest BCUT2D eigenvalue weighted by Gasteiger charge is -2.30. The first kappa shape index (κ1) is 37.4. The molecule has 2 aromatic heterocycles. The molecule has 302 valence electrons. The predicted molar refractivity (Wildman–Crippen MR) is 269 cm³/mol. The van der Waals surface area contributed by atoms with E-state index in [1.54, 1.807) is 0 Å². The molecule has 0 bridgehead atoms. The number of aromatic nitrogens is 1. The molecule has 0 radical (unpaired) electrons. The van der Waals surface area contributed by atoms with Crippen molar-refractivity contribution in [2.45, 2.75) is 6.92 Å². The summed E-state index contributed by atoms with van der Waals surface area (Å²) in [6, 6.07) is 85.2. The monoisotopic (exact) mass is 818 g/mol. The summed E-state index contributed by atoms with van der Waals surface area (Å²) in [6.07, 6.45) is 0. The highest BCUT2D eigenvalue weighted by atomic mass is 16.3. The SMILES string of the molecule is Cc1cc(-c2ccccc2)ccc1N(c1cc(-c2ccc(-n3c4ccccc4c4ccccc43)cc2)c2oc3ccccc3c2c1)c1ccc(-c2ccccc2)cc1-c1ccccc1. The number of furan rings is 1. The first-order chi connectivity index (χ1) is 31.7. The zero-order valence-electron chi connectivity index (χ0n) is 35.3. The van der Waals surface area contributed by atoms with E-state index in [0.29, 0.717) is 0 Å². The minimum Gasteiger partial charge on any atom is -0.455 e. The van der Waals surface area contributed by atoms with Gasteiger partial charge in [0, 0.05) is 49.7 Å². The van der Waals surface area contributed by atoms with E-state index in [-0.39, 0.29) is 0 Å². The second kappa shape index (κ2) is 15.5. The van der Waals surface area contributed by atoms with Gasteiger partial charge in [-0.25, -0.2) is 0 Å². The van der Waals surface area contributed by atoms with Gasteiger partial charge in [-0.1, -0.05) is 170 Å². The molecule has 0 aliphatic heterocycles. The summed E-state index contributed by atoms with van der Waals surface area (Å²) in [5.74, 6) is 0. The molecule has 3 nitrogen and oxygen atoms in total. The van der Waals surface area contributed by atoms with Gasteiger partial charge in [-0.05, 0) is 113 Å². The molecule has 0 unspecified atom stereocenters. The van der Waals surface area contributed by atoms with Crippen molar-refractivity contribution < 1.29 is 4.42 Å². The van der Waals surface area contributed by atoms with Crippen LogP contribution in [0, 0.1) is 6.92 Å². The Morgan fingerprint density at radius 2 is 0.859 bits per heavy atom. The van der Waals surface area contributed by atoms with Crippen molar-refractivity contribution in [2.75, 3.05) is 4.90 Å². The molecule has 10 aromatic carbocycles. The van der Waals surface area contributed by atoms with Crippen LogP contribution in [-0.4, -0.2) is 4.57 Å². The molecule has 3 heteroatoms. The van der Waals surface area contributed by atoms with E-state index in [0.717, 1.165) is 66.9 Å². The van der Waals surface area contributed by atoms with Gasteiger partial charge >= 0.3 is 0 Å². The molecular weight excluding hydrogens is 777 g/mol. The highest BCUT2D eigenvalue weighted by Crippen LogP contribution is 2.48. The van der Waals surface area contributed by atoms with Gasteiger partial charge in [0.05, 0.1) is 16.7 Å². The van der Waals surface area contributed by atoms with Gasteiger partial charge in [0.25, 0.3) is 0 Å².